The van der Waals surface area contributed by atoms with Crippen molar-refractivity contribution in [2.75, 3.05) is 37.7 Å². The molecule has 0 spiro atoms. The third-order valence-electron chi connectivity index (χ3n) is 6.01. The van der Waals surface area contributed by atoms with E-state index in [0.717, 1.165) is 62.9 Å². The van der Waals surface area contributed by atoms with Gasteiger partial charge in [-0.1, -0.05) is 0 Å². The molecule has 1 aromatic heterocycles. The first kappa shape index (κ1) is 17.7. The van der Waals surface area contributed by atoms with Gasteiger partial charge >= 0.3 is 0 Å². The maximum atomic E-state index is 13.2. The summed E-state index contributed by atoms with van der Waals surface area (Å²) < 4.78 is 0. The Labute approximate surface area is 154 Å². The monoisotopic (exact) mass is 360 g/mol. The number of likely N-dealkylation sites (tertiary alicyclic amines) is 1. The first-order chi connectivity index (χ1) is 12.7. The number of aliphatic hydroxyl groups excluding tert-OH is 2. The van der Waals surface area contributed by atoms with Gasteiger partial charge in [-0.2, -0.15) is 0 Å². The molecule has 26 heavy (non-hydrogen) atoms. The van der Waals surface area contributed by atoms with Crippen LogP contribution in [-0.4, -0.2) is 69.9 Å². The van der Waals surface area contributed by atoms with E-state index in [1.165, 1.54) is 0 Å². The fraction of sp³-hybridized carbons (Fsp3) is 0.737. The predicted octanol–water partition coefficient (Wildman–Crippen LogP) is 0.771. The molecule has 2 fully saturated rings. The molecule has 142 valence electrons. The molecule has 3 aliphatic rings. The third kappa shape index (κ3) is 3.30. The minimum atomic E-state index is -0.673. The van der Waals surface area contributed by atoms with E-state index in [4.69, 9.17) is 9.97 Å². The minimum Gasteiger partial charge on any atom is -0.396 e. The number of fused-ring (bicyclic) bond motifs is 1. The first-order valence-electron chi connectivity index (χ1n) is 9.90. The fourth-order valence-corrected chi connectivity index (χ4v) is 4.34. The van der Waals surface area contributed by atoms with Crippen LogP contribution >= 0.6 is 0 Å². The van der Waals surface area contributed by atoms with Gasteiger partial charge in [0.05, 0.1) is 6.10 Å². The van der Waals surface area contributed by atoms with Crippen LogP contribution in [0.1, 0.15) is 53.8 Å². The Balaban J connectivity index is 1.63. The van der Waals surface area contributed by atoms with Crippen molar-refractivity contribution in [1.82, 2.24) is 14.9 Å². The van der Waals surface area contributed by atoms with Gasteiger partial charge in [0.2, 0.25) is 5.95 Å². The second-order valence-electron chi connectivity index (χ2n) is 7.75. The average Bonchev–Trinajstić information content (AvgIpc) is 3.21. The average molecular weight is 360 g/mol. The van der Waals surface area contributed by atoms with Crippen LogP contribution in [0.3, 0.4) is 0 Å². The number of anilines is 1. The van der Waals surface area contributed by atoms with Gasteiger partial charge in [-0.05, 0) is 44.9 Å². The van der Waals surface area contributed by atoms with Crippen molar-refractivity contribution in [1.29, 1.82) is 0 Å². The second kappa shape index (κ2) is 7.48. The number of hydrogen-bond acceptors (Lipinski definition) is 6. The van der Waals surface area contributed by atoms with E-state index in [0.29, 0.717) is 24.6 Å². The lowest BCUT2D eigenvalue weighted by atomic mass is 9.92. The number of β-amino-alcohol motifs (C(OH)–C–C–N with tert-alkyl or cyclic N) is 1. The Morgan fingerprint density at radius 1 is 1.08 bits per heavy atom. The highest BCUT2D eigenvalue weighted by molar-refractivity contribution is 5.94. The van der Waals surface area contributed by atoms with Gasteiger partial charge in [0.15, 0.2) is 0 Å². The summed E-state index contributed by atoms with van der Waals surface area (Å²) in [7, 11) is 0. The zero-order valence-corrected chi connectivity index (χ0v) is 15.2. The molecule has 2 N–H and O–H groups in total. The van der Waals surface area contributed by atoms with Gasteiger partial charge < -0.3 is 20.0 Å². The van der Waals surface area contributed by atoms with Crippen molar-refractivity contribution >= 4 is 11.9 Å². The lowest BCUT2D eigenvalue weighted by Crippen LogP contribution is -2.48. The first-order valence-corrected chi connectivity index (χ1v) is 9.90. The van der Waals surface area contributed by atoms with Crippen LogP contribution in [-0.2, 0) is 12.8 Å². The number of rotatable bonds is 3. The van der Waals surface area contributed by atoms with Crippen molar-refractivity contribution in [2.45, 2.75) is 51.0 Å². The summed E-state index contributed by atoms with van der Waals surface area (Å²) in [4.78, 5) is 26.6. The van der Waals surface area contributed by atoms with E-state index in [-0.39, 0.29) is 25.0 Å². The van der Waals surface area contributed by atoms with E-state index in [9.17, 15) is 15.0 Å². The number of aryl methyl sites for hydroxylation is 1. The standard InChI is InChI=1S/C19H28N4O3/c24-12-13-7-10-23(11-16(13)25)18(26)17-14-5-1-2-6-15(14)20-19(21-17)22-8-3-4-9-22/h13,16,24-25H,1-12H2. The number of nitrogens with zero attached hydrogens (tertiary/aromatic N) is 4. The number of aliphatic hydroxyl groups is 2. The lowest BCUT2D eigenvalue weighted by Gasteiger charge is -2.35. The summed E-state index contributed by atoms with van der Waals surface area (Å²) in [5.41, 5.74) is 2.57. The molecule has 2 aliphatic heterocycles. The molecule has 2 atom stereocenters. The highest BCUT2D eigenvalue weighted by Gasteiger charge is 2.33. The largest absolute Gasteiger partial charge is 0.396 e. The molecule has 7 heteroatoms. The number of amides is 1. The van der Waals surface area contributed by atoms with Crippen LogP contribution in [0.25, 0.3) is 0 Å². The van der Waals surface area contributed by atoms with Crippen molar-refractivity contribution in [3.63, 3.8) is 0 Å². The van der Waals surface area contributed by atoms with Crippen LogP contribution < -0.4 is 4.90 Å². The molecule has 0 radical (unpaired) electrons. The van der Waals surface area contributed by atoms with E-state index in [2.05, 4.69) is 4.90 Å². The molecule has 1 amide bonds. The van der Waals surface area contributed by atoms with Crippen molar-refractivity contribution in [2.24, 2.45) is 5.92 Å². The second-order valence-corrected chi connectivity index (χ2v) is 7.75. The molecule has 0 saturated carbocycles. The third-order valence-corrected chi connectivity index (χ3v) is 6.01. The number of aromatic nitrogens is 2. The Morgan fingerprint density at radius 2 is 1.85 bits per heavy atom. The SMILES string of the molecule is O=C(c1nc(N2CCCC2)nc2c1CCCC2)N1CCC(CO)C(O)C1. The van der Waals surface area contributed by atoms with Gasteiger partial charge in [-0.3, -0.25) is 4.79 Å². The van der Waals surface area contributed by atoms with E-state index < -0.39 is 6.10 Å². The minimum absolute atomic E-state index is 0.0365. The highest BCUT2D eigenvalue weighted by Crippen LogP contribution is 2.28. The zero-order valence-electron chi connectivity index (χ0n) is 15.2. The van der Waals surface area contributed by atoms with Crippen LogP contribution in [0, 0.1) is 5.92 Å². The molecule has 3 heterocycles. The normalized spacial score (nSPS) is 26.1. The summed E-state index contributed by atoms with van der Waals surface area (Å²) in [5.74, 6) is 0.456. The smallest absolute Gasteiger partial charge is 0.273 e. The summed E-state index contributed by atoms with van der Waals surface area (Å²) in [6.07, 6.45) is 6.17. The Morgan fingerprint density at radius 3 is 2.58 bits per heavy atom. The maximum Gasteiger partial charge on any atom is 0.273 e. The van der Waals surface area contributed by atoms with Crippen LogP contribution in [0.15, 0.2) is 0 Å². The molecular formula is C19H28N4O3. The van der Waals surface area contributed by atoms with E-state index in [1.54, 1.807) is 4.90 Å². The van der Waals surface area contributed by atoms with Crippen molar-refractivity contribution in [3.8, 4) is 0 Å². The van der Waals surface area contributed by atoms with Crippen LogP contribution in [0.4, 0.5) is 5.95 Å². The quantitative estimate of drug-likeness (QED) is 0.828. The number of piperidine rings is 1. The molecule has 4 rings (SSSR count). The topological polar surface area (TPSA) is 89.8 Å². The Kier molecular flexibility index (Phi) is 5.09. The molecular weight excluding hydrogens is 332 g/mol. The lowest BCUT2D eigenvalue weighted by molar-refractivity contribution is 0.000596. The van der Waals surface area contributed by atoms with Gasteiger partial charge in [0.1, 0.15) is 5.69 Å². The van der Waals surface area contributed by atoms with Crippen LogP contribution in [0.5, 0.6) is 0 Å². The molecule has 1 aromatic rings. The summed E-state index contributed by atoms with van der Waals surface area (Å²) in [5, 5.41) is 19.5. The van der Waals surface area contributed by atoms with Gasteiger partial charge in [-0.15, -0.1) is 0 Å². The fourth-order valence-electron chi connectivity index (χ4n) is 4.34. The van der Waals surface area contributed by atoms with E-state index >= 15 is 0 Å². The maximum absolute atomic E-state index is 13.2. The highest BCUT2D eigenvalue weighted by atomic mass is 16.3. The molecule has 7 nitrogen and oxygen atoms in total. The summed E-state index contributed by atoms with van der Waals surface area (Å²) >= 11 is 0. The van der Waals surface area contributed by atoms with E-state index in [1.807, 2.05) is 0 Å². The molecule has 0 bridgehead atoms. The van der Waals surface area contributed by atoms with Gasteiger partial charge in [-0.25, -0.2) is 9.97 Å². The zero-order chi connectivity index (χ0) is 18.1. The van der Waals surface area contributed by atoms with Crippen molar-refractivity contribution in [3.05, 3.63) is 17.0 Å². The molecule has 1 aliphatic carbocycles. The van der Waals surface area contributed by atoms with Gasteiger partial charge in [0.25, 0.3) is 5.91 Å². The number of carbonyl (C=O) groups is 1. The molecule has 2 saturated heterocycles. The summed E-state index contributed by atoms with van der Waals surface area (Å²) in [6, 6.07) is 0. The molecule has 0 aromatic carbocycles. The van der Waals surface area contributed by atoms with Crippen molar-refractivity contribution < 1.29 is 15.0 Å². The predicted molar refractivity (Wildman–Crippen MR) is 97.2 cm³/mol. The molecule has 2 unspecified atom stereocenters. The Hall–Kier alpha value is -1.73. The summed E-state index contributed by atoms with van der Waals surface area (Å²) in [6.45, 7) is 2.69. The Bertz CT molecular complexity index is 675. The number of hydrogen-bond donors (Lipinski definition) is 2. The van der Waals surface area contributed by atoms with Crippen LogP contribution in [0.2, 0.25) is 0 Å². The number of carbonyl (C=O) groups excluding carboxylic acids is 1. The van der Waals surface area contributed by atoms with Gasteiger partial charge in [0, 0.05) is 50.0 Å².